The molecule has 0 aliphatic carbocycles. The van der Waals surface area contributed by atoms with E-state index >= 15 is 0 Å². The zero-order chi connectivity index (χ0) is 20.9. The molecule has 0 aliphatic heterocycles. The Kier molecular flexibility index (Phi) is 5.80. The maximum atomic E-state index is 5.56. The molecule has 152 valence electrons. The summed E-state index contributed by atoms with van der Waals surface area (Å²) < 4.78 is 10.9. The fourth-order valence-electron chi connectivity index (χ4n) is 3.60. The van der Waals surface area contributed by atoms with Crippen LogP contribution in [0.5, 0.6) is 11.5 Å². The van der Waals surface area contributed by atoms with E-state index in [0.29, 0.717) is 6.42 Å². The maximum Gasteiger partial charge on any atom is 0.157 e. The smallest absolute Gasteiger partial charge is 0.157 e. The van der Waals surface area contributed by atoms with Crippen LogP contribution in [0, 0.1) is 0 Å². The Morgan fingerprint density at radius 3 is 2.30 bits per heavy atom. The fourth-order valence-corrected chi connectivity index (χ4v) is 3.60. The van der Waals surface area contributed by atoms with Gasteiger partial charge in [-0.05, 0) is 18.6 Å². The monoisotopic (exact) mass is 399 g/mol. The van der Waals surface area contributed by atoms with Gasteiger partial charge >= 0.3 is 0 Å². The van der Waals surface area contributed by atoms with Gasteiger partial charge < -0.3 is 14.8 Å². The summed E-state index contributed by atoms with van der Waals surface area (Å²) in [6, 6.07) is 24.5. The molecule has 0 spiro atoms. The summed E-state index contributed by atoms with van der Waals surface area (Å²) in [7, 11) is 3.32. The van der Waals surface area contributed by atoms with E-state index in [1.54, 1.807) is 14.2 Å². The first kappa shape index (κ1) is 19.7. The van der Waals surface area contributed by atoms with Crippen LogP contribution in [0.15, 0.2) is 72.8 Å². The SMILES string of the molecule is COc1ccc(Cc2nnc(NC(C)c3ccccc3)c3ccccc23)c(OC)c1. The number of anilines is 1. The quantitative estimate of drug-likeness (QED) is 0.450. The molecule has 3 aromatic carbocycles. The zero-order valence-corrected chi connectivity index (χ0v) is 17.4. The van der Waals surface area contributed by atoms with Crippen LogP contribution in [0.2, 0.25) is 0 Å². The van der Waals surface area contributed by atoms with Crippen molar-refractivity contribution in [1.82, 2.24) is 10.2 Å². The Morgan fingerprint density at radius 2 is 1.57 bits per heavy atom. The molecule has 0 aliphatic rings. The molecule has 1 atom stereocenters. The highest BCUT2D eigenvalue weighted by Gasteiger charge is 2.14. The van der Waals surface area contributed by atoms with Gasteiger partial charge in [-0.1, -0.05) is 60.7 Å². The molecule has 4 aromatic rings. The molecular formula is C25H25N3O2. The Morgan fingerprint density at radius 1 is 0.833 bits per heavy atom. The van der Waals surface area contributed by atoms with Gasteiger partial charge in [0.15, 0.2) is 5.82 Å². The second-order valence-electron chi connectivity index (χ2n) is 7.17. The van der Waals surface area contributed by atoms with Crippen molar-refractivity contribution in [2.24, 2.45) is 0 Å². The molecule has 1 heterocycles. The second kappa shape index (κ2) is 8.82. The number of ether oxygens (including phenoxy) is 2. The highest BCUT2D eigenvalue weighted by molar-refractivity contribution is 5.93. The van der Waals surface area contributed by atoms with Crippen molar-refractivity contribution in [3.8, 4) is 11.5 Å². The normalized spacial score (nSPS) is 11.8. The standard InChI is InChI=1S/C25H25N3O2/c1-17(18-9-5-4-6-10-18)26-25-22-12-8-7-11-21(22)23(27-28-25)15-19-13-14-20(29-2)16-24(19)30-3/h4-14,16-17H,15H2,1-3H3,(H,26,28). The average Bonchev–Trinajstić information content (AvgIpc) is 2.81. The highest BCUT2D eigenvalue weighted by atomic mass is 16.5. The average molecular weight is 399 g/mol. The number of methoxy groups -OCH3 is 2. The molecular weight excluding hydrogens is 374 g/mol. The Balaban J connectivity index is 1.68. The fraction of sp³-hybridized carbons (Fsp3) is 0.200. The van der Waals surface area contributed by atoms with Crippen molar-refractivity contribution in [3.63, 3.8) is 0 Å². The predicted octanol–water partition coefficient (Wildman–Crippen LogP) is 5.41. The van der Waals surface area contributed by atoms with Gasteiger partial charge in [0.1, 0.15) is 11.5 Å². The van der Waals surface area contributed by atoms with E-state index in [1.165, 1.54) is 5.56 Å². The second-order valence-corrected chi connectivity index (χ2v) is 7.17. The third-order valence-electron chi connectivity index (χ3n) is 5.27. The van der Waals surface area contributed by atoms with Gasteiger partial charge in [-0.2, -0.15) is 5.10 Å². The van der Waals surface area contributed by atoms with Crippen molar-refractivity contribution < 1.29 is 9.47 Å². The summed E-state index contributed by atoms with van der Waals surface area (Å²) in [5, 5.41) is 14.7. The summed E-state index contributed by atoms with van der Waals surface area (Å²) >= 11 is 0. The van der Waals surface area contributed by atoms with Gasteiger partial charge in [-0.15, -0.1) is 5.10 Å². The molecule has 0 radical (unpaired) electrons. The van der Waals surface area contributed by atoms with Crippen LogP contribution in [0.1, 0.15) is 29.8 Å². The Bertz CT molecular complexity index is 1150. The summed E-state index contributed by atoms with van der Waals surface area (Å²) in [4.78, 5) is 0. The number of hydrogen-bond donors (Lipinski definition) is 1. The molecule has 0 saturated heterocycles. The third kappa shape index (κ3) is 4.06. The van der Waals surface area contributed by atoms with Crippen LogP contribution < -0.4 is 14.8 Å². The van der Waals surface area contributed by atoms with Gasteiger partial charge in [0.05, 0.1) is 26.0 Å². The number of nitrogens with zero attached hydrogens (tertiary/aromatic N) is 2. The van der Waals surface area contributed by atoms with E-state index in [1.807, 2.05) is 48.5 Å². The summed E-state index contributed by atoms with van der Waals surface area (Å²) in [5.41, 5.74) is 3.15. The van der Waals surface area contributed by atoms with Crippen molar-refractivity contribution in [3.05, 3.63) is 89.6 Å². The number of rotatable bonds is 7. The molecule has 1 unspecified atom stereocenters. The van der Waals surface area contributed by atoms with Crippen molar-refractivity contribution in [1.29, 1.82) is 0 Å². The molecule has 5 nitrogen and oxygen atoms in total. The lowest BCUT2D eigenvalue weighted by atomic mass is 10.0. The van der Waals surface area contributed by atoms with E-state index < -0.39 is 0 Å². The van der Waals surface area contributed by atoms with Crippen LogP contribution >= 0.6 is 0 Å². The molecule has 1 N–H and O–H groups in total. The van der Waals surface area contributed by atoms with Crippen molar-refractivity contribution in [2.75, 3.05) is 19.5 Å². The number of aromatic nitrogens is 2. The first-order valence-electron chi connectivity index (χ1n) is 9.96. The summed E-state index contributed by atoms with van der Waals surface area (Å²) in [6.45, 7) is 2.13. The zero-order valence-electron chi connectivity index (χ0n) is 17.4. The van der Waals surface area contributed by atoms with Gasteiger partial charge in [0.2, 0.25) is 0 Å². The number of benzene rings is 3. The summed E-state index contributed by atoms with van der Waals surface area (Å²) in [6.07, 6.45) is 0.620. The largest absolute Gasteiger partial charge is 0.497 e. The van der Waals surface area contributed by atoms with Crippen LogP contribution in [-0.4, -0.2) is 24.4 Å². The van der Waals surface area contributed by atoms with Gasteiger partial charge in [-0.25, -0.2) is 0 Å². The van der Waals surface area contributed by atoms with E-state index in [2.05, 4.69) is 46.7 Å². The number of fused-ring (bicyclic) bond motifs is 1. The van der Waals surface area contributed by atoms with Gasteiger partial charge in [0.25, 0.3) is 0 Å². The lowest BCUT2D eigenvalue weighted by Crippen LogP contribution is -2.10. The minimum Gasteiger partial charge on any atom is -0.497 e. The predicted molar refractivity (Wildman–Crippen MR) is 120 cm³/mol. The lowest BCUT2D eigenvalue weighted by Gasteiger charge is -2.17. The third-order valence-corrected chi connectivity index (χ3v) is 5.27. The molecule has 0 bridgehead atoms. The Hall–Kier alpha value is -3.60. The molecule has 0 amide bonds. The van der Waals surface area contributed by atoms with Crippen LogP contribution in [0.4, 0.5) is 5.82 Å². The van der Waals surface area contributed by atoms with Gasteiger partial charge in [0, 0.05) is 28.8 Å². The highest BCUT2D eigenvalue weighted by Crippen LogP contribution is 2.30. The van der Waals surface area contributed by atoms with Gasteiger partial charge in [-0.3, -0.25) is 0 Å². The van der Waals surface area contributed by atoms with E-state index in [0.717, 1.165) is 39.3 Å². The van der Waals surface area contributed by atoms with E-state index in [-0.39, 0.29) is 6.04 Å². The topological polar surface area (TPSA) is 56.3 Å². The molecule has 4 rings (SSSR count). The van der Waals surface area contributed by atoms with E-state index in [9.17, 15) is 0 Å². The van der Waals surface area contributed by atoms with Crippen LogP contribution in [0.3, 0.4) is 0 Å². The maximum absolute atomic E-state index is 5.56. The van der Waals surface area contributed by atoms with Crippen LogP contribution in [-0.2, 0) is 6.42 Å². The molecule has 5 heteroatoms. The first-order chi connectivity index (χ1) is 14.7. The molecule has 0 fully saturated rings. The minimum atomic E-state index is 0.122. The molecule has 0 saturated carbocycles. The number of hydrogen-bond acceptors (Lipinski definition) is 5. The molecule has 1 aromatic heterocycles. The van der Waals surface area contributed by atoms with Crippen molar-refractivity contribution >= 4 is 16.6 Å². The first-order valence-corrected chi connectivity index (χ1v) is 9.96. The Labute approximate surface area is 176 Å². The van der Waals surface area contributed by atoms with Crippen LogP contribution in [0.25, 0.3) is 10.8 Å². The van der Waals surface area contributed by atoms with E-state index in [4.69, 9.17) is 9.47 Å². The van der Waals surface area contributed by atoms with Crippen molar-refractivity contribution in [2.45, 2.75) is 19.4 Å². The summed E-state index contributed by atoms with van der Waals surface area (Å²) in [5.74, 6) is 2.33. The number of nitrogens with one attached hydrogen (secondary N) is 1. The molecule has 30 heavy (non-hydrogen) atoms. The minimum absolute atomic E-state index is 0.122. The lowest BCUT2D eigenvalue weighted by molar-refractivity contribution is 0.391.